The molecule has 0 aromatic rings. The molecule has 0 rings (SSSR count). The van der Waals surface area contributed by atoms with Crippen LogP contribution in [0.1, 0.15) is 65.7 Å². The number of carbonyl (C=O) groups excluding carboxylic acids is 6. The number of amides is 4. The molecule has 17 heteroatoms. The largest absolute Gasteiger partial charge is 0.463 e. The second-order valence-electron chi connectivity index (χ2n) is 9.56. The van der Waals surface area contributed by atoms with Crippen molar-refractivity contribution in [1.82, 2.24) is 21.4 Å². The second kappa shape index (κ2) is 27.7. The van der Waals surface area contributed by atoms with Crippen LogP contribution in [0.5, 0.6) is 0 Å². The quantitative estimate of drug-likeness (QED) is 0.0390. The summed E-state index contributed by atoms with van der Waals surface area (Å²) in [6, 6.07) is -0.794. The monoisotopic (exact) mass is 647 g/mol. The van der Waals surface area contributed by atoms with E-state index in [9.17, 15) is 28.8 Å². The average molecular weight is 648 g/mol. The predicted octanol–water partition coefficient (Wildman–Crippen LogP) is -0.338. The molecule has 258 valence electrons. The van der Waals surface area contributed by atoms with E-state index in [0.29, 0.717) is 45.6 Å². The van der Waals surface area contributed by atoms with Gasteiger partial charge in [0.15, 0.2) is 0 Å². The van der Waals surface area contributed by atoms with E-state index in [0.717, 1.165) is 6.42 Å². The Balaban J connectivity index is 3.68. The van der Waals surface area contributed by atoms with Crippen LogP contribution >= 0.6 is 0 Å². The van der Waals surface area contributed by atoms with Gasteiger partial charge in [0.05, 0.1) is 13.2 Å². The third-order valence-corrected chi connectivity index (χ3v) is 5.45. The zero-order valence-electron chi connectivity index (χ0n) is 26.7. The summed E-state index contributed by atoms with van der Waals surface area (Å²) in [4.78, 5) is 78.8. The number of hydrogen-bond donors (Lipinski definition) is 4. The smallest absolute Gasteiger partial charge is 0.302 e. The number of nitrogens with one attached hydrogen (secondary N) is 4. The fourth-order valence-corrected chi connectivity index (χ4v) is 3.28. The molecule has 0 aromatic heterocycles. The first kappa shape index (κ1) is 41.2. The zero-order chi connectivity index (χ0) is 33.7. The summed E-state index contributed by atoms with van der Waals surface area (Å²) in [5, 5.41) is 11.5. The van der Waals surface area contributed by atoms with Gasteiger partial charge in [0.25, 0.3) is 0 Å². The normalized spacial score (nSPS) is 11.5. The van der Waals surface area contributed by atoms with Crippen LogP contribution in [-0.4, -0.2) is 114 Å². The van der Waals surface area contributed by atoms with Gasteiger partial charge in [0.2, 0.25) is 23.6 Å². The summed E-state index contributed by atoms with van der Waals surface area (Å²) >= 11 is 0. The molecule has 17 nitrogen and oxygen atoms in total. The minimum atomic E-state index is -0.794. The van der Waals surface area contributed by atoms with Crippen molar-refractivity contribution in [3.8, 4) is 0 Å². The fourth-order valence-electron chi connectivity index (χ4n) is 3.28. The van der Waals surface area contributed by atoms with Gasteiger partial charge < -0.3 is 39.7 Å². The van der Waals surface area contributed by atoms with Gasteiger partial charge in [-0.1, -0.05) is 5.16 Å². The lowest BCUT2D eigenvalue weighted by molar-refractivity contribution is -0.152. The second-order valence-corrected chi connectivity index (χ2v) is 9.56. The van der Waals surface area contributed by atoms with E-state index in [2.05, 4.69) is 26.6 Å². The highest BCUT2D eigenvalue weighted by Gasteiger charge is 2.19. The number of hydroxylamine groups is 1. The van der Waals surface area contributed by atoms with Gasteiger partial charge in [0.1, 0.15) is 32.0 Å². The van der Waals surface area contributed by atoms with E-state index in [-0.39, 0.29) is 63.4 Å². The highest BCUT2D eigenvalue weighted by atomic mass is 16.7. The Hall–Kier alpha value is -3.83. The Bertz CT molecular complexity index is 900. The molecule has 0 fully saturated rings. The van der Waals surface area contributed by atoms with Crippen molar-refractivity contribution >= 4 is 41.8 Å². The Kier molecular flexibility index (Phi) is 25.3. The molecule has 0 heterocycles. The Morgan fingerprint density at radius 3 is 2.16 bits per heavy atom. The van der Waals surface area contributed by atoms with Crippen molar-refractivity contribution in [3.63, 3.8) is 0 Å². The van der Waals surface area contributed by atoms with Crippen molar-refractivity contribution in [1.29, 1.82) is 0 Å². The highest BCUT2D eigenvalue weighted by Crippen LogP contribution is 2.01. The minimum absolute atomic E-state index is 0.00186. The predicted molar refractivity (Wildman–Crippen MR) is 159 cm³/mol. The molecule has 0 unspecified atom stereocenters. The molecule has 1 atom stereocenters. The van der Waals surface area contributed by atoms with Crippen LogP contribution in [0.4, 0.5) is 0 Å². The molecule has 4 N–H and O–H groups in total. The van der Waals surface area contributed by atoms with E-state index in [1.165, 1.54) is 27.8 Å². The number of carbonyl (C=O) groups is 6. The number of ether oxygens (including phenoxy) is 4. The number of oxime groups is 1. The summed E-state index contributed by atoms with van der Waals surface area (Å²) in [6.07, 6.45) is 3.69. The van der Waals surface area contributed by atoms with Gasteiger partial charge in [-0.15, -0.1) is 0 Å². The zero-order valence-corrected chi connectivity index (χ0v) is 26.7. The molecule has 0 aliphatic heterocycles. The van der Waals surface area contributed by atoms with E-state index >= 15 is 0 Å². The van der Waals surface area contributed by atoms with Gasteiger partial charge in [-0.2, -0.15) is 0 Å². The highest BCUT2D eigenvalue weighted by molar-refractivity contribution is 5.87. The number of likely N-dealkylation sites (N-methyl/N-ethyl adjacent to an activating group) is 1. The van der Waals surface area contributed by atoms with E-state index in [1.807, 2.05) is 0 Å². The maximum Gasteiger partial charge on any atom is 0.302 e. The molecule has 0 aliphatic rings. The Morgan fingerprint density at radius 2 is 1.51 bits per heavy atom. The van der Waals surface area contributed by atoms with Crippen LogP contribution in [0.25, 0.3) is 0 Å². The maximum atomic E-state index is 11.9. The van der Waals surface area contributed by atoms with Crippen LogP contribution in [0.3, 0.4) is 0 Å². The standard InChI is InChI=1S/C28H49N5O12/c1-21(34)32-25(28(39)29-4)10-11-27(38)33-45-17-8-16-44-31-12-5-6-14-40-18-13-30-26(37)9-7-15-41-24(19-42-22(2)35)20-43-23(3)36/h12,24-25H,5-11,13-20H2,1-4H3,(H,29,39)(H,30,37)(H,32,34)(H,33,38)/b31-12+/t25-/m0/s1. The first-order valence-electron chi connectivity index (χ1n) is 14.8. The van der Waals surface area contributed by atoms with Gasteiger partial charge >= 0.3 is 11.9 Å². The third kappa shape index (κ3) is 27.5. The molecular formula is C28H49N5O12. The molecule has 0 saturated carbocycles. The summed E-state index contributed by atoms with van der Waals surface area (Å²) in [5.41, 5.74) is 2.28. The number of unbranched alkanes of at least 4 members (excludes halogenated alkanes) is 1. The molecule has 0 radical (unpaired) electrons. The van der Waals surface area contributed by atoms with Crippen LogP contribution < -0.4 is 21.4 Å². The molecular weight excluding hydrogens is 598 g/mol. The van der Waals surface area contributed by atoms with Crippen LogP contribution in [0, 0.1) is 0 Å². The van der Waals surface area contributed by atoms with E-state index < -0.39 is 30.0 Å². The van der Waals surface area contributed by atoms with Crippen LogP contribution in [0.2, 0.25) is 0 Å². The summed E-state index contributed by atoms with van der Waals surface area (Å²) in [5.74, 6) is -2.24. The van der Waals surface area contributed by atoms with Crippen LogP contribution in [0.15, 0.2) is 5.16 Å². The van der Waals surface area contributed by atoms with E-state index in [1.54, 1.807) is 6.21 Å². The first-order valence-corrected chi connectivity index (χ1v) is 14.8. The fraction of sp³-hybridized carbons (Fsp3) is 0.750. The topological polar surface area (TPSA) is 218 Å². The van der Waals surface area contributed by atoms with E-state index in [4.69, 9.17) is 28.6 Å². The molecule has 0 saturated heterocycles. The Morgan fingerprint density at radius 1 is 0.800 bits per heavy atom. The molecule has 0 spiro atoms. The number of hydrogen-bond acceptors (Lipinski definition) is 13. The Labute approximate surface area is 263 Å². The molecule has 0 aliphatic carbocycles. The number of nitrogens with zero attached hydrogens (tertiary/aromatic N) is 1. The summed E-state index contributed by atoms with van der Waals surface area (Å²) < 4.78 is 20.8. The van der Waals surface area contributed by atoms with Crippen molar-refractivity contribution in [2.45, 2.75) is 77.9 Å². The minimum Gasteiger partial charge on any atom is -0.463 e. The van der Waals surface area contributed by atoms with Gasteiger partial charge in [-0.25, -0.2) is 5.48 Å². The van der Waals surface area contributed by atoms with Crippen molar-refractivity contribution < 1.29 is 57.4 Å². The number of esters is 2. The molecule has 0 aromatic carbocycles. The van der Waals surface area contributed by atoms with Crippen LogP contribution in [-0.2, 0) is 57.4 Å². The third-order valence-electron chi connectivity index (χ3n) is 5.45. The molecule has 0 bridgehead atoms. The molecule has 4 amide bonds. The van der Waals surface area contributed by atoms with Crippen molar-refractivity contribution in [3.05, 3.63) is 0 Å². The first-order chi connectivity index (χ1) is 21.5. The van der Waals surface area contributed by atoms with Gasteiger partial charge in [0, 0.05) is 73.1 Å². The van der Waals surface area contributed by atoms with Crippen molar-refractivity contribution in [2.75, 3.05) is 59.8 Å². The van der Waals surface area contributed by atoms with Gasteiger partial charge in [-0.3, -0.25) is 33.6 Å². The lowest BCUT2D eigenvalue weighted by Crippen LogP contribution is -2.45. The lowest BCUT2D eigenvalue weighted by Gasteiger charge is -2.17. The van der Waals surface area contributed by atoms with Crippen molar-refractivity contribution in [2.24, 2.45) is 5.16 Å². The number of rotatable bonds is 27. The SMILES string of the molecule is CNC(=O)[C@H](CCC(=O)NOCCCO/N=C/CCCOCCNC(=O)CCCOC(COC(C)=O)COC(C)=O)NC(C)=O. The summed E-state index contributed by atoms with van der Waals surface area (Å²) in [6.45, 7) is 5.71. The summed E-state index contributed by atoms with van der Waals surface area (Å²) in [7, 11) is 1.45. The molecule has 45 heavy (non-hydrogen) atoms. The van der Waals surface area contributed by atoms with Gasteiger partial charge in [-0.05, 0) is 25.7 Å². The average Bonchev–Trinajstić information content (AvgIpc) is 2.99. The lowest BCUT2D eigenvalue weighted by atomic mass is 10.1. The maximum absolute atomic E-state index is 11.9.